The number of hydrogen-bond acceptors (Lipinski definition) is 0. The molecule has 0 radical (unpaired) electrons. The van der Waals surface area contributed by atoms with E-state index in [2.05, 4.69) is 54.6 Å². The SMILES string of the molecule is CCC1=C[C]([Mg+])(CC)CC(CC)=C1.[Br-]. The molecule has 0 aromatic rings. The third-order valence-electron chi connectivity index (χ3n) is 3.03. The van der Waals surface area contributed by atoms with E-state index < -0.39 is 0 Å². The Labute approximate surface area is 111 Å². The third kappa shape index (κ3) is 3.71. The number of allylic oxidation sites excluding steroid dienone is 4. The quantitative estimate of drug-likeness (QED) is 0.664. The molecule has 1 aliphatic carbocycles. The summed E-state index contributed by atoms with van der Waals surface area (Å²) in [5.74, 6) is 0. The van der Waals surface area contributed by atoms with E-state index in [4.69, 9.17) is 0 Å². The van der Waals surface area contributed by atoms with Crippen LogP contribution in [0.15, 0.2) is 23.3 Å². The Kier molecular flexibility index (Phi) is 6.67. The molecule has 0 saturated heterocycles. The summed E-state index contributed by atoms with van der Waals surface area (Å²) in [4.78, 5) is 0. The fourth-order valence-corrected chi connectivity index (χ4v) is 2.49. The van der Waals surface area contributed by atoms with Gasteiger partial charge in [0.1, 0.15) is 0 Å². The van der Waals surface area contributed by atoms with Gasteiger partial charge in [-0.2, -0.15) is 0 Å². The smallest absolute Gasteiger partial charge is 1.00 e. The van der Waals surface area contributed by atoms with Gasteiger partial charge in [-0.3, -0.25) is 0 Å². The molecule has 0 aliphatic heterocycles. The molecular formula is C12H19BrMg. The molecule has 1 atom stereocenters. The van der Waals surface area contributed by atoms with Crippen LogP contribution < -0.4 is 17.0 Å². The minimum atomic E-state index is 0. The summed E-state index contributed by atoms with van der Waals surface area (Å²) in [6, 6.07) is 0. The number of rotatable bonds is 3. The average molecular weight is 267 g/mol. The summed E-state index contributed by atoms with van der Waals surface area (Å²) in [5.41, 5.74) is 3.18. The zero-order valence-corrected chi connectivity index (χ0v) is 12.6. The van der Waals surface area contributed by atoms with Crippen LogP contribution in [0.4, 0.5) is 0 Å². The predicted molar refractivity (Wildman–Crippen MR) is 60.1 cm³/mol. The molecule has 0 N–H and O–H groups in total. The molecule has 0 aromatic carbocycles. The van der Waals surface area contributed by atoms with Crippen LogP contribution in [0.2, 0.25) is 3.54 Å². The van der Waals surface area contributed by atoms with Crippen molar-refractivity contribution in [2.45, 2.75) is 50.0 Å². The molecule has 1 rings (SSSR count). The molecule has 0 saturated carbocycles. The van der Waals surface area contributed by atoms with Gasteiger partial charge >= 0.3 is 95.0 Å². The van der Waals surface area contributed by atoms with Gasteiger partial charge in [0.15, 0.2) is 0 Å². The minimum Gasteiger partial charge on any atom is -1.00 e. The molecule has 0 amide bonds. The Bertz CT molecular complexity index is 243. The van der Waals surface area contributed by atoms with Crippen molar-refractivity contribution in [1.82, 2.24) is 0 Å². The van der Waals surface area contributed by atoms with Gasteiger partial charge in [-0.1, -0.05) is 0 Å². The maximum absolute atomic E-state index is 2.49. The van der Waals surface area contributed by atoms with E-state index >= 15 is 0 Å². The number of hydrogen-bond donors (Lipinski definition) is 0. The minimum absolute atomic E-state index is 0. The topological polar surface area (TPSA) is 0 Å². The van der Waals surface area contributed by atoms with Crippen molar-refractivity contribution in [1.29, 1.82) is 0 Å². The molecule has 1 aliphatic rings. The van der Waals surface area contributed by atoms with Gasteiger partial charge in [0.25, 0.3) is 0 Å². The normalized spacial score (nSPS) is 26.4. The average Bonchev–Trinajstić information content (AvgIpc) is 2.17. The van der Waals surface area contributed by atoms with E-state index in [9.17, 15) is 0 Å². The van der Waals surface area contributed by atoms with Crippen molar-refractivity contribution in [3.8, 4) is 0 Å². The van der Waals surface area contributed by atoms with E-state index in [0.717, 1.165) is 0 Å². The van der Waals surface area contributed by atoms with Crippen molar-refractivity contribution < 1.29 is 17.0 Å². The number of halogens is 1. The molecule has 0 bridgehead atoms. The van der Waals surface area contributed by atoms with E-state index in [1.165, 1.54) is 25.7 Å². The maximum Gasteiger partial charge on any atom is -1.00 e. The second-order valence-electron chi connectivity index (χ2n) is 4.12. The summed E-state index contributed by atoms with van der Waals surface area (Å²) in [6.07, 6.45) is 9.85. The molecule has 14 heavy (non-hydrogen) atoms. The zero-order valence-electron chi connectivity index (χ0n) is 9.57. The van der Waals surface area contributed by atoms with Crippen LogP contribution in [-0.4, -0.2) is 21.7 Å². The first kappa shape index (κ1) is 14.7. The summed E-state index contributed by atoms with van der Waals surface area (Å²) in [5, 5.41) is 0. The Morgan fingerprint density at radius 2 is 1.93 bits per heavy atom. The van der Waals surface area contributed by atoms with Crippen LogP contribution in [0, 0.1) is 0 Å². The summed E-state index contributed by atoms with van der Waals surface area (Å²) in [7, 11) is 0. The Balaban J connectivity index is 0.00000169. The summed E-state index contributed by atoms with van der Waals surface area (Å²) in [6.45, 7) is 6.82. The van der Waals surface area contributed by atoms with Crippen LogP contribution >= 0.6 is 0 Å². The van der Waals surface area contributed by atoms with Crippen LogP contribution in [0.1, 0.15) is 46.5 Å². The molecule has 0 heterocycles. The molecule has 0 spiro atoms. The van der Waals surface area contributed by atoms with Crippen molar-refractivity contribution in [3.63, 3.8) is 0 Å². The zero-order chi connectivity index (χ0) is 9.90. The van der Waals surface area contributed by atoms with Gasteiger partial charge in [-0.05, 0) is 0 Å². The fraction of sp³-hybridized carbons (Fsp3) is 0.667. The molecule has 76 valence electrons. The van der Waals surface area contributed by atoms with Gasteiger partial charge in [0.2, 0.25) is 0 Å². The molecule has 1 unspecified atom stereocenters. The molecule has 2 heteroatoms. The van der Waals surface area contributed by atoms with Crippen LogP contribution in [0.25, 0.3) is 0 Å². The second-order valence-corrected chi connectivity index (χ2v) is 5.53. The third-order valence-corrected chi connectivity index (χ3v) is 3.98. The van der Waals surface area contributed by atoms with E-state index in [0.29, 0.717) is 3.54 Å². The Morgan fingerprint density at radius 3 is 2.36 bits per heavy atom. The first-order valence-corrected chi connectivity index (χ1v) is 6.10. The van der Waals surface area contributed by atoms with Gasteiger partial charge in [0.05, 0.1) is 0 Å². The van der Waals surface area contributed by atoms with Crippen LogP contribution in [0.5, 0.6) is 0 Å². The first-order valence-electron chi connectivity index (χ1n) is 5.40. The second kappa shape index (κ2) is 6.34. The standard InChI is InChI=1S/C12H19.BrH.Mg/c1-4-10-7-11(5-2)9-12(6-3)8-10;;/h7-8H,4-6,9H2,1-3H3;1H;/q;;+1/p-1. The molecule has 0 fully saturated rings. The van der Waals surface area contributed by atoms with Gasteiger partial charge < -0.3 is 17.0 Å². The monoisotopic (exact) mass is 266 g/mol. The molecule has 0 aromatic heterocycles. The van der Waals surface area contributed by atoms with Crippen molar-refractivity contribution >= 4 is 21.7 Å². The van der Waals surface area contributed by atoms with Gasteiger partial charge in [-0.25, -0.2) is 0 Å². The summed E-state index contributed by atoms with van der Waals surface area (Å²) < 4.78 is 0.464. The predicted octanol–water partition coefficient (Wildman–Crippen LogP) is 0.804. The van der Waals surface area contributed by atoms with E-state index in [-0.39, 0.29) is 17.0 Å². The van der Waals surface area contributed by atoms with Crippen molar-refractivity contribution in [3.05, 3.63) is 23.3 Å². The van der Waals surface area contributed by atoms with Gasteiger partial charge in [0, 0.05) is 0 Å². The van der Waals surface area contributed by atoms with E-state index in [1.54, 1.807) is 11.1 Å². The first-order chi connectivity index (χ1) is 6.13. The Morgan fingerprint density at radius 1 is 1.29 bits per heavy atom. The van der Waals surface area contributed by atoms with Crippen LogP contribution in [-0.2, 0) is 0 Å². The van der Waals surface area contributed by atoms with E-state index in [1.807, 2.05) is 0 Å². The fourth-order valence-electron chi connectivity index (χ4n) is 1.91. The largest absolute Gasteiger partial charge is 1.00 e. The van der Waals surface area contributed by atoms with Crippen molar-refractivity contribution in [2.24, 2.45) is 0 Å². The van der Waals surface area contributed by atoms with Gasteiger partial charge in [-0.15, -0.1) is 0 Å². The Hall–Kier alpha value is 0.726. The van der Waals surface area contributed by atoms with Crippen molar-refractivity contribution in [2.75, 3.05) is 0 Å². The summed E-state index contributed by atoms with van der Waals surface area (Å²) >= 11 is 2.16. The maximum atomic E-state index is 2.49. The molecular weight excluding hydrogens is 248 g/mol. The van der Waals surface area contributed by atoms with Crippen LogP contribution in [0.3, 0.4) is 0 Å². The molecule has 0 nitrogen and oxygen atoms in total.